The molecule has 2 fully saturated rings. The summed E-state index contributed by atoms with van der Waals surface area (Å²) in [6.45, 7) is 3.71. The smallest absolute Gasteiger partial charge is 0.418 e. The number of ether oxygens (including phenoxy) is 1. The lowest BCUT2D eigenvalue weighted by molar-refractivity contribution is -0.138. The SMILES string of the molecule is C[C@H]1C[C@@H](c2ccc(C(F)(F)F)cc2)C[C@@H](COc2cc(C(F)(F)F)c3c(c2)ncn3C2CC(C)(O)C2)N1. The van der Waals surface area contributed by atoms with Crippen LogP contribution in [0, 0.1) is 0 Å². The fourth-order valence-electron chi connectivity index (χ4n) is 5.81. The zero-order chi connectivity index (χ0) is 27.5. The van der Waals surface area contributed by atoms with Crippen molar-refractivity contribution in [2.24, 2.45) is 0 Å². The molecule has 2 N–H and O–H groups in total. The number of alkyl halides is 6. The molecule has 5 nitrogen and oxygen atoms in total. The number of halogens is 6. The van der Waals surface area contributed by atoms with Crippen LogP contribution in [0.5, 0.6) is 5.75 Å². The summed E-state index contributed by atoms with van der Waals surface area (Å²) >= 11 is 0. The highest BCUT2D eigenvalue weighted by Gasteiger charge is 2.42. The number of aliphatic hydroxyl groups is 1. The van der Waals surface area contributed by atoms with Gasteiger partial charge in [-0.3, -0.25) is 0 Å². The lowest BCUT2D eigenvalue weighted by Gasteiger charge is -2.41. The average Bonchev–Trinajstić information content (AvgIpc) is 3.22. The highest BCUT2D eigenvalue weighted by atomic mass is 19.4. The number of nitrogens with zero attached hydrogens (tertiary/aromatic N) is 2. The summed E-state index contributed by atoms with van der Waals surface area (Å²) in [5.74, 6) is 0.0347. The van der Waals surface area contributed by atoms with Crippen LogP contribution >= 0.6 is 0 Å². The average molecular weight is 542 g/mol. The van der Waals surface area contributed by atoms with Crippen LogP contribution < -0.4 is 10.1 Å². The molecule has 0 amide bonds. The molecular formula is C27H29F6N3O2. The zero-order valence-electron chi connectivity index (χ0n) is 20.9. The van der Waals surface area contributed by atoms with Crippen molar-refractivity contribution in [2.75, 3.05) is 6.61 Å². The van der Waals surface area contributed by atoms with Gasteiger partial charge in [-0.15, -0.1) is 0 Å². The Hall–Kier alpha value is -2.79. The maximum atomic E-state index is 14.1. The van der Waals surface area contributed by atoms with Crippen molar-refractivity contribution in [3.63, 3.8) is 0 Å². The van der Waals surface area contributed by atoms with Crippen molar-refractivity contribution in [1.82, 2.24) is 14.9 Å². The third-order valence-corrected chi connectivity index (χ3v) is 7.58. The Kier molecular flexibility index (Phi) is 6.66. The van der Waals surface area contributed by atoms with E-state index in [-0.39, 0.29) is 47.4 Å². The van der Waals surface area contributed by atoms with E-state index in [4.69, 9.17) is 4.74 Å². The van der Waals surface area contributed by atoms with Crippen LogP contribution in [0.15, 0.2) is 42.7 Å². The number of imidazole rings is 1. The molecule has 5 rings (SSSR count). The Balaban J connectivity index is 1.32. The molecule has 1 saturated heterocycles. The second-order valence-electron chi connectivity index (χ2n) is 10.9. The number of piperidine rings is 1. The van der Waals surface area contributed by atoms with Crippen molar-refractivity contribution in [3.05, 3.63) is 59.4 Å². The van der Waals surface area contributed by atoms with E-state index in [9.17, 15) is 31.4 Å². The monoisotopic (exact) mass is 541 g/mol. The van der Waals surface area contributed by atoms with Crippen LogP contribution in [-0.2, 0) is 12.4 Å². The number of fused-ring (bicyclic) bond motifs is 1. The maximum Gasteiger partial charge on any atom is 0.418 e. The quantitative estimate of drug-likeness (QED) is 0.364. The number of hydrogen-bond acceptors (Lipinski definition) is 4. The summed E-state index contributed by atoms with van der Waals surface area (Å²) in [6, 6.07) is 7.18. The van der Waals surface area contributed by atoms with Crippen LogP contribution in [0.1, 0.15) is 68.2 Å². The van der Waals surface area contributed by atoms with Crippen LogP contribution in [0.3, 0.4) is 0 Å². The van der Waals surface area contributed by atoms with E-state index in [2.05, 4.69) is 10.3 Å². The number of nitrogens with one attached hydrogen (secondary N) is 1. The van der Waals surface area contributed by atoms with Crippen LogP contribution in [-0.4, -0.2) is 38.9 Å². The first-order chi connectivity index (χ1) is 17.7. The van der Waals surface area contributed by atoms with Gasteiger partial charge in [-0.2, -0.15) is 26.3 Å². The summed E-state index contributed by atoms with van der Waals surface area (Å²) in [7, 11) is 0. The summed E-state index contributed by atoms with van der Waals surface area (Å²) in [5.41, 5.74) is -1.53. The van der Waals surface area contributed by atoms with E-state index in [0.29, 0.717) is 19.3 Å². The predicted molar refractivity (Wildman–Crippen MR) is 129 cm³/mol. The molecule has 2 aliphatic rings. The fraction of sp³-hybridized carbons (Fsp3) is 0.519. The molecule has 1 aliphatic carbocycles. The molecule has 3 aromatic rings. The van der Waals surface area contributed by atoms with Crippen LogP contribution in [0.2, 0.25) is 0 Å². The minimum atomic E-state index is -4.63. The molecule has 206 valence electrons. The topological polar surface area (TPSA) is 59.3 Å². The van der Waals surface area contributed by atoms with E-state index in [1.165, 1.54) is 29.1 Å². The third-order valence-electron chi connectivity index (χ3n) is 7.58. The van der Waals surface area contributed by atoms with Gasteiger partial charge >= 0.3 is 12.4 Å². The summed E-state index contributed by atoms with van der Waals surface area (Å²) in [4.78, 5) is 4.19. The minimum absolute atomic E-state index is 0.00858. The number of benzene rings is 2. The first-order valence-electron chi connectivity index (χ1n) is 12.6. The van der Waals surface area contributed by atoms with Gasteiger partial charge in [0.05, 0.1) is 34.1 Å². The summed E-state index contributed by atoms with van der Waals surface area (Å²) in [6.07, 6.45) is -5.67. The lowest BCUT2D eigenvalue weighted by Crippen LogP contribution is -2.46. The van der Waals surface area contributed by atoms with Crippen LogP contribution in [0.25, 0.3) is 11.0 Å². The molecule has 2 aromatic carbocycles. The Bertz CT molecular complexity index is 1290. The molecule has 0 bridgehead atoms. The minimum Gasteiger partial charge on any atom is -0.492 e. The number of rotatable bonds is 5. The largest absolute Gasteiger partial charge is 0.492 e. The molecule has 3 atom stereocenters. The van der Waals surface area contributed by atoms with Gasteiger partial charge in [-0.1, -0.05) is 12.1 Å². The van der Waals surface area contributed by atoms with Crippen molar-refractivity contribution < 1.29 is 36.2 Å². The van der Waals surface area contributed by atoms with Crippen molar-refractivity contribution >= 4 is 11.0 Å². The molecule has 0 spiro atoms. The fourth-order valence-corrected chi connectivity index (χ4v) is 5.81. The van der Waals surface area contributed by atoms with Gasteiger partial charge < -0.3 is 19.7 Å². The molecule has 11 heteroatoms. The van der Waals surface area contributed by atoms with E-state index in [1.54, 1.807) is 6.92 Å². The second-order valence-corrected chi connectivity index (χ2v) is 10.9. The third kappa shape index (κ3) is 5.49. The van der Waals surface area contributed by atoms with Crippen molar-refractivity contribution in [1.29, 1.82) is 0 Å². The van der Waals surface area contributed by atoms with Gasteiger partial charge in [0.2, 0.25) is 0 Å². The molecule has 0 radical (unpaired) electrons. The highest BCUT2D eigenvalue weighted by molar-refractivity contribution is 5.82. The Morgan fingerprint density at radius 1 is 1.05 bits per heavy atom. The Labute approximate surface area is 215 Å². The Morgan fingerprint density at radius 3 is 2.34 bits per heavy atom. The molecule has 1 aliphatic heterocycles. The molecule has 1 saturated carbocycles. The summed E-state index contributed by atoms with van der Waals surface area (Å²) in [5, 5.41) is 13.4. The first-order valence-corrected chi connectivity index (χ1v) is 12.6. The van der Waals surface area contributed by atoms with Crippen LogP contribution in [0.4, 0.5) is 26.3 Å². The van der Waals surface area contributed by atoms with Gasteiger partial charge in [0.1, 0.15) is 12.4 Å². The zero-order valence-corrected chi connectivity index (χ0v) is 20.9. The maximum absolute atomic E-state index is 14.1. The van der Waals surface area contributed by atoms with Gasteiger partial charge in [0.15, 0.2) is 0 Å². The standard InChI is InChI=1S/C27H29F6N3O2/c1-15-7-17(16-3-5-18(6-4-16)26(28,29)30)8-19(35-15)13-38-21-9-22(27(31,32)33)24-23(10-21)34-14-36(24)20-11-25(2,37)12-20/h3-6,9-10,14-15,17,19-20,35,37H,7-8,11-13H2,1-2H3/t15-,17+,19-,20?,25?/m0/s1. The van der Waals surface area contributed by atoms with E-state index in [1.807, 2.05) is 6.92 Å². The van der Waals surface area contributed by atoms with E-state index in [0.717, 1.165) is 30.2 Å². The predicted octanol–water partition coefficient (Wildman–Crippen LogP) is 6.46. The van der Waals surface area contributed by atoms with E-state index < -0.39 is 29.1 Å². The van der Waals surface area contributed by atoms with Gasteiger partial charge in [0, 0.05) is 24.2 Å². The molecule has 38 heavy (non-hydrogen) atoms. The Morgan fingerprint density at radius 2 is 1.74 bits per heavy atom. The molecule has 1 aromatic heterocycles. The normalized spacial score (nSPS) is 28.3. The second kappa shape index (κ2) is 9.44. The molecule has 2 heterocycles. The number of aromatic nitrogens is 2. The van der Waals surface area contributed by atoms with Gasteiger partial charge in [-0.25, -0.2) is 4.98 Å². The highest BCUT2D eigenvalue weighted by Crippen LogP contribution is 2.45. The number of hydrogen-bond donors (Lipinski definition) is 2. The van der Waals surface area contributed by atoms with Gasteiger partial charge in [0.25, 0.3) is 0 Å². The summed E-state index contributed by atoms with van der Waals surface area (Å²) < 4.78 is 88.2. The first kappa shape index (κ1) is 26.8. The molecular weight excluding hydrogens is 512 g/mol. The van der Waals surface area contributed by atoms with Crippen molar-refractivity contribution in [3.8, 4) is 5.75 Å². The van der Waals surface area contributed by atoms with E-state index >= 15 is 0 Å². The lowest BCUT2D eigenvalue weighted by atomic mass is 9.77. The van der Waals surface area contributed by atoms with Crippen molar-refractivity contribution in [2.45, 2.75) is 81.5 Å². The molecule has 0 unspecified atom stereocenters. The van der Waals surface area contributed by atoms with Gasteiger partial charge in [-0.05, 0) is 69.2 Å².